The summed E-state index contributed by atoms with van der Waals surface area (Å²) in [5, 5.41) is 9.39. The molecule has 0 unspecified atom stereocenters. The first-order valence-corrected chi connectivity index (χ1v) is 10.7. The molecule has 1 amide bonds. The van der Waals surface area contributed by atoms with E-state index in [0.717, 1.165) is 18.2 Å². The molecule has 166 valence electrons. The molecule has 0 aliphatic carbocycles. The summed E-state index contributed by atoms with van der Waals surface area (Å²) < 4.78 is 65.8. The number of nitrogens with two attached hydrogens (primary N) is 1. The van der Waals surface area contributed by atoms with E-state index in [1.165, 1.54) is 34.6 Å². The van der Waals surface area contributed by atoms with E-state index < -0.39 is 33.4 Å². The first kappa shape index (κ1) is 22.6. The summed E-state index contributed by atoms with van der Waals surface area (Å²) in [6.07, 6.45) is -3.33. The van der Waals surface area contributed by atoms with Gasteiger partial charge in [-0.25, -0.2) is 8.42 Å². The maximum atomic E-state index is 12.9. The summed E-state index contributed by atoms with van der Waals surface area (Å²) in [5.74, 6) is -1.66. The van der Waals surface area contributed by atoms with E-state index in [1.54, 1.807) is 11.0 Å². The van der Waals surface area contributed by atoms with E-state index in [2.05, 4.69) is 0 Å². The topological polar surface area (TPSA) is 104 Å². The number of hydrogen-bond donors (Lipinski definition) is 2. The number of carbonyl (C=O) groups excluding carboxylic acids is 1. The SMILES string of the molecule is NC(=O)C(O)=Cc1ccc(S(=O)(=O)N2CCN(c3cccc(C(F)(F)F)c3)CC2)cc1. The Morgan fingerprint density at radius 2 is 1.65 bits per heavy atom. The number of anilines is 1. The molecule has 0 atom stereocenters. The summed E-state index contributed by atoms with van der Waals surface area (Å²) in [6, 6.07) is 10.5. The van der Waals surface area contributed by atoms with E-state index in [4.69, 9.17) is 5.73 Å². The molecule has 3 rings (SSSR count). The Labute approximate surface area is 177 Å². The average molecular weight is 455 g/mol. The molecule has 1 aliphatic heterocycles. The number of aliphatic hydroxyl groups is 1. The van der Waals surface area contributed by atoms with Gasteiger partial charge in [0, 0.05) is 31.9 Å². The number of alkyl halides is 3. The number of aliphatic hydroxyl groups excluding tert-OH is 1. The van der Waals surface area contributed by atoms with Crippen LogP contribution >= 0.6 is 0 Å². The smallest absolute Gasteiger partial charge is 0.416 e. The molecule has 0 bridgehead atoms. The Kier molecular flexibility index (Phi) is 6.27. The number of amides is 1. The van der Waals surface area contributed by atoms with Gasteiger partial charge in [0.05, 0.1) is 10.5 Å². The number of sulfonamides is 1. The fraction of sp³-hybridized carbons (Fsp3) is 0.250. The predicted molar refractivity (Wildman–Crippen MR) is 109 cm³/mol. The highest BCUT2D eigenvalue weighted by molar-refractivity contribution is 7.89. The Morgan fingerprint density at radius 3 is 2.19 bits per heavy atom. The van der Waals surface area contributed by atoms with Crippen LogP contribution in [-0.2, 0) is 21.0 Å². The molecule has 1 heterocycles. The van der Waals surface area contributed by atoms with E-state index in [9.17, 15) is 31.5 Å². The third-order valence-corrected chi connectivity index (χ3v) is 6.76. The monoisotopic (exact) mass is 455 g/mol. The highest BCUT2D eigenvalue weighted by Gasteiger charge is 2.32. The highest BCUT2D eigenvalue weighted by Crippen LogP contribution is 2.32. The zero-order valence-corrected chi connectivity index (χ0v) is 17.0. The molecule has 1 aliphatic rings. The third-order valence-electron chi connectivity index (χ3n) is 4.85. The molecule has 0 saturated carbocycles. The van der Waals surface area contributed by atoms with Crippen LogP contribution in [0, 0.1) is 0 Å². The summed E-state index contributed by atoms with van der Waals surface area (Å²) in [5.41, 5.74) is 4.97. The van der Waals surface area contributed by atoms with Crippen molar-refractivity contribution in [3.8, 4) is 0 Å². The van der Waals surface area contributed by atoms with E-state index in [1.807, 2.05) is 0 Å². The van der Waals surface area contributed by atoms with Gasteiger partial charge in [0.25, 0.3) is 5.91 Å². The maximum Gasteiger partial charge on any atom is 0.416 e. The van der Waals surface area contributed by atoms with Gasteiger partial charge in [-0.1, -0.05) is 18.2 Å². The van der Waals surface area contributed by atoms with Crippen LogP contribution in [0.15, 0.2) is 59.2 Å². The van der Waals surface area contributed by atoms with Crippen molar-refractivity contribution in [2.75, 3.05) is 31.1 Å². The Morgan fingerprint density at radius 1 is 1.03 bits per heavy atom. The van der Waals surface area contributed by atoms with E-state index in [0.29, 0.717) is 11.3 Å². The van der Waals surface area contributed by atoms with Crippen LogP contribution in [0.4, 0.5) is 18.9 Å². The third kappa shape index (κ3) is 5.17. The molecule has 11 heteroatoms. The van der Waals surface area contributed by atoms with Gasteiger partial charge in [-0.2, -0.15) is 17.5 Å². The number of rotatable bonds is 5. The van der Waals surface area contributed by atoms with Crippen LogP contribution in [0.5, 0.6) is 0 Å². The Bertz CT molecular complexity index is 1090. The second kappa shape index (κ2) is 8.60. The lowest BCUT2D eigenvalue weighted by Crippen LogP contribution is -2.48. The molecule has 2 aromatic carbocycles. The van der Waals surface area contributed by atoms with Gasteiger partial charge in [0.15, 0.2) is 5.76 Å². The maximum absolute atomic E-state index is 12.9. The minimum absolute atomic E-state index is 0.0238. The van der Waals surface area contributed by atoms with Crippen LogP contribution in [0.25, 0.3) is 6.08 Å². The minimum Gasteiger partial charge on any atom is -0.503 e. The highest BCUT2D eigenvalue weighted by atomic mass is 32.2. The van der Waals surface area contributed by atoms with Gasteiger partial charge in [0.2, 0.25) is 10.0 Å². The van der Waals surface area contributed by atoms with Crippen molar-refractivity contribution in [1.82, 2.24) is 4.31 Å². The molecular weight excluding hydrogens is 435 g/mol. The number of nitrogens with zero attached hydrogens (tertiary/aromatic N) is 2. The van der Waals surface area contributed by atoms with E-state index in [-0.39, 0.29) is 31.1 Å². The molecule has 0 radical (unpaired) electrons. The van der Waals surface area contributed by atoms with Crippen molar-refractivity contribution in [2.45, 2.75) is 11.1 Å². The molecule has 1 saturated heterocycles. The quantitative estimate of drug-likeness (QED) is 0.533. The molecule has 1 fully saturated rings. The van der Waals surface area contributed by atoms with Crippen molar-refractivity contribution in [3.05, 3.63) is 65.4 Å². The van der Waals surface area contributed by atoms with Crippen molar-refractivity contribution < 1.29 is 31.5 Å². The lowest BCUT2D eigenvalue weighted by Gasteiger charge is -2.35. The van der Waals surface area contributed by atoms with Gasteiger partial charge in [-0.3, -0.25) is 4.79 Å². The summed E-state index contributed by atoms with van der Waals surface area (Å²) in [7, 11) is -3.81. The van der Waals surface area contributed by atoms with Crippen LogP contribution in [0.2, 0.25) is 0 Å². The molecule has 2 aromatic rings. The van der Waals surface area contributed by atoms with Crippen molar-refractivity contribution in [1.29, 1.82) is 0 Å². The first-order chi connectivity index (χ1) is 14.5. The number of piperazine rings is 1. The van der Waals surface area contributed by atoms with Crippen LogP contribution in [-0.4, -0.2) is 49.9 Å². The normalized spacial score (nSPS) is 16.4. The number of primary amides is 1. The second-order valence-corrected chi connectivity index (χ2v) is 8.84. The molecule has 0 aromatic heterocycles. The van der Waals surface area contributed by atoms with Gasteiger partial charge >= 0.3 is 6.18 Å². The van der Waals surface area contributed by atoms with Crippen LogP contribution < -0.4 is 10.6 Å². The van der Waals surface area contributed by atoms with Crippen molar-refractivity contribution in [2.24, 2.45) is 5.73 Å². The fourth-order valence-corrected chi connectivity index (χ4v) is 4.60. The first-order valence-electron chi connectivity index (χ1n) is 9.21. The Hall–Kier alpha value is -3.05. The molecule has 7 nitrogen and oxygen atoms in total. The Balaban J connectivity index is 1.70. The summed E-state index contributed by atoms with van der Waals surface area (Å²) in [6.45, 7) is 0.715. The summed E-state index contributed by atoms with van der Waals surface area (Å²) in [4.78, 5) is 12.6. The number of benzene rings is 2. The van der Waals surface area contributed by atoms with Crippen molar-refractivity contribution in [3.63, 3.8) is 0 Å². The van der Waals surface area contributed by atoms with E-state index >= 15 is 0 Å². The predicted octanol–water partition coefficient (Wildman–Crippen LogP) is 2.60. The average Bonchev–Trinajstić information content (AvgIpc) is 2.73. The lowest BCUT2D eigenvalue weighted by atomic mass is 10.1. The lowest BCUT2D eigenvalue weighted by molar-refractivity contribution is -0.137. The van der Waals surface area contributed by atoms with Crippen LogP contribution in [0.3, 0.4) is 0 Å². The fourth-order valence-electron chi connectivity index (χ4n) is 3.18. The zero-order valence-electron chi connectivity index (χ0n) is 16.2. The van der Waals surface area contributed by atoms with Crippen molar-refractivity contribution >= 4 is 27.7 Å². The minimum atomic E-state index is -4.45. The molecule has 31 heavy (non-hydrogen) atoms. The zero-order chi connectivity index (χ0) is 22.8. The largest absolute Gasteiger partial charge is 0.503 e. The van der Waals surface area contributed by atoms with Gasteiger partial charge < -0.3 is 15.7 Å². The van der Waals surface area contributed by atoms with Gasteiger partial charge in [0.1, 0.15) is 0 Å². The van der Waals surface area contributed by atoms with Gasteiger partial charge in [-0.15, -0.1) is 0 Å². The molecular formula is C20H20F3N3O4S. The second-order valence-electron chi connectivity index (χ2n) is 6.90. The molecule has 0 spiro atoms. The molecule has 3 N–H and O–H groups in total. The van der Waals surface area contributed by atoms with Gasteiger partial charge in [-0.05, 0) is 42.0 Å². The number of hydrogen-bond acceptors (Lipinski definition) is 5. The van der Waals surface area contributed by atoms with Crippen LogP contribution in [0.1, 0.15) is 11.1 Å². The number of carbonyl (C=O) groups is 1. The number of halogens is 3. The summed E-state index contributed by atoms with van der Waals surface area (Å²) >= 11 is 0. The standard InChI is InChI=1S/C20H20F3N3O4S/c21-20(22,23)15-2-1-3-16(13-15)25-8-10-26(11-9-25)31(29,30)17-6-4-14(5-7-17)12-18(27)19(24)28/h1-7,12-13,27H,8-11H2,(H2,24,28).